The van der Waals surface area contributed by atoms with Gasteiger partial charge < -0.3 is 5.32 Å². The van der Waals surface area contributed by atoms with Crippen molar-refractivity contribution >= 4 is 23.2 Å². The van der Waals surface area contributed by atoms with Gasteiger partial charge >= 0.3 is 0 Å². The summed E-state index contributed by atoms with van der Waals surface area (Å²) in [7, 11) is 0. The van der Waals surface area contributed by atoms with Crippen molar-refractivity contribution in [2.24, 2.45) is 11.3 Å². The molecule has 0 aromatic heterocycles. The van der Waals surface area contributed by atoms with Crippen molar-refractivity contribution in [2.75, 3.05) is 6.54 Å². The Morgan fingerprint density at radius 1 is 1.11 bits per heavy atom. The Morgan fingerprint density at radius 2 is 1.72 bits per heavy atom. The zero-order valence-electron chi connectivity index (χ0n) is 11.8. The Labute approximate surface area is 121 Å². The first-order valence-electron chi connectivity index (χ1n) is 6.40. The van der Waals surface area contributed by atoms with Crippen LogP contribution in [0.15, 0.2) is 18.2 Å². The van der Waals surface area contributed by atoms with Gasteiger partial charge in [0.2, 0.25) is 0 Å². The predicted molar refractivity (Wildman–Crippen MR) is 81.5 cm³/mol. The van der Waals surface area contributed by atoms with Gasteiger partial charge in [0.05, 0.1) is 10.0 Å². The van der Waals surface area contributed by atoms with Gasteiger partial charge in [0.15, 0.2) is 0 Å². The van der Waals surface area contributed by atoms with Crippen molar-refractivity contribution in [1.29, 1.82) is 0 Å². The maximum Gasteiger partial charge on any atom is 0.0595 e. The van der Waals surface area contributed by atoms with Crippen molar-refractivity contribution in [1.82, 2.24) is 5.32 Å². The molecule has 1 aromatic rings. The van der Waals surface area contributed by atoms with Gasteiger partial charge in [-0.2, -0.15) is 0 Å². The molecule has 0 heterocycles. The topological polar surface area (TPSA) is 12.0 Å². The van der Waals surface area contributed by atoms with Crippen LogP contribution in [0.1, 0.15) is 46.2 Å². The molecule has 0 bridgehead atoms. The van der Waals surface area contributed by atoms with E-state index in [1.807, 2.05) is 18.2 Å². The number of benzene rings is 1. The van der Waals surface area contributed by atoms with Crippen molar-refractivity contribution in [3.63, 3.8) is 0 Å². The molecule has 0 aliphatic rings. The van der Waals surface area contributed by atoms with Gasteiger partial charge in [0, 0.05) is 6.04 Å². The zero-order chi connectivity index (χ0) is 13.9. The lowest BCUT2D eigenvalue weighted by atomic mass is 9.82. The predicted octanol–water partition coefficient (Wildman–Crippen LogP) is 5.33. The first-order valence-corrected chi connectivity index (χ1v) is 7.15. The molecule has 3 heteroatoms. The van der Waals surface area contributed by atoms with Crippen LogP contribution in [0.25, 0.3) is 0 Å². The highest BCUT2D eigenvalue weighted by atomic mass is 35.5. The monoisotopic (exact) mass is 287 g/mol. The number of hydrogen-bond acceptors (Lipinski definition) is 1. The van der Waals surface area contributed by atoms with Gasteiger partial charge in [-0.3, -0.25) is 0 Å². The smallest absolute Gasteiger partial charge is 0.0595 e. The zero-order valence-corrected chi connectivity index (χ0v) is 13.4. The number of nitrogens with one attached hydrogen (secondary N) is 1. The molecule has 2 unspecified atom stereocenters. The van der Waals surface area contributed by atoms with Crippen LogP contribution >= 0.6 is 23.2 Å². The normalized spacial score (nSPS) is 15.5. The summed E-state index contributed by atoms with van der Waals surface area (Å²) < 4.78 is 0. The average molecular weight is 288 g/mol. The molecule has 0 saturated carbocycles. The molecule has 1 aromatic carbocycles. The van der Waals surface area contributed by atoms with Crippen LogP contribution < -0.4 is 5.32 Å². The summed E-state index contributed by atoms with van der Waals surface area (Å²) in [5, 5.41) is 4.77. The van der Waals surface area contributed by atoms with E-state index >= 15 is 0 Å². The van der Waals surface area contributed by atoms with Crippen molar-refractivity contribution in [3.05, 3.63) is 33.8 Å². The van der Waals surface area contributed by atoms with E-state index in [4.69, 9.17) is 23.2 Å². The van der Waals surface area contributed by atoms with Crippen LogP contribution in [0.3, 0.4) is 0 Å². The molecule has 0 amide bonds. The molecule has 0 spiro atoms. The lowest BCUT2D eigenvalue weighted by Crippen LogP contribution is -2.31. The summed E-state index contributed by atoms with van der Waals surface area (Å²) in [6.07, 6.45) is 0. The van der Waals surface area contributed by atoms with Gasteiger partial charge in [-0.1, -0.05) is 57.0 Å². The van der Waals surface area contributed by atoms with Gasteiger partial charge in [0.25, 0.3) is 0 Å². The third kappa shape index (κ3) is 4.46. The SMILES string of the molecule is CC(NCC(C)C(C)(C)C)c1ccc(Cl)c(Cl)c1. The maximum atomic E-state index is 6.03. The fourth-order valence-corrected chi connectivity index (χ4v) is 1.87. The lowest BCUT2D eigenvalue weighted by Gasteiger charge is -2.29. The number of rotatable bonds is 4. The molecule has 18 heavy (non-hydrogen) atoms. The summed E-state index contributed by atoms with van der Waals surface area (Å²) in [5.41, 5.74) is 1.50. The standard InChI is InChI=1S/C15H23Cl2N/c1-10(15(3,4)5)9-18-11(2)12-6-7-13(16)14(17)8-12/h6-8,10-11,18H,9H2,1-5H3. The van der Waals surface area contributed by atoms with E-state index in [1.165, 1.54) is 5.56 Å². The van der Waals surface area contributed by atoms with Gasteiger partial charge in [-0.25, -0.2) is 0 Å². The van der Waals surface area contributed by atoms with Gasteiger partial charge in [-0.05, 0) is 42.5 Å². The molecule has 0 radical (unpaired) electrons. The largest absolute Gasteiger partial charge is 0.310 e. The van der Waals surface area contributed by atoms with E-state index in [0.717, 1.165) is 6.54 Å². The third-order valence-corrected chi connectivity index (χ3v) is 4.39. The quantitative estimate of drug-likeness (QED) is 0.790. The van der Waals surface area contributed by atoms with Crippen LogP contribution in [0.5, 0.6) is 0 Å². The van der Waals surface area contributed by atoms with Crippen LogP contribution in [-0.2, 0) is 0 Å². The molecule has 0 saturated heterocycles. The van der Waals surface area contributed by atoms with Gasteiger partial charge in [0.1, 0.15) is 0 Å². The molecular formula is C15H23Cl2N. The third-order valence-electron chi connectivity index (χ3n) is 3.65. The van der Waals surface area contributed by atoms with Crippen LogP contribution in [0.4, 0.5) is 0 Å². The van der Waals surface area contributed by atoms with Crippen LogP contribution in [0.2, 0.25) is 10.0 Å². The summed E-state index contributed by atoms with van der Waals surface area (Å²) >= 11 is 12.0. The molecule has 1 nitrogen and oxygen atoms in total. The fraction of sp³-hybridized carbons (Fsp3) is 0.600. The summed E-state index contributed by atoms with van der Waals surface area (Å²) in [6.45, 7) is 12.2. The second kappa shape index (κ2) is 6.27. The maximum absolute atomic E-state index is 6.03. The highest BCUT2D eigenvalue weighted by Crippen LogP contribution is 2.27. The molecule has 0 fully saturated rings. The van der Waals surface area contributed by atoms with E-state index in [2.05, 4.69) is 39.9 Å². The summed E-state index contributed by atoms with van der Waals surface area (Å²) in [6, 6.07) is 6.09. The van der Waals surface area contributed by atoms with E-state index in [-0.39, 0.29) is 6.04 Å². The van der Waals surface area contributed by atoms with Crippen molar-refractivity contribution in [2.45, 2.75) is 40.7 Å². The highest BCUT2D eigenvalue weighted by molar-refractivity contribution is 6.42. The average Bonchev–Trinajstić information content (AvgIpc) is 2.27. The van der Waals surface area contributed by atoms with E-state index in [0.29, 0.717) is 21.4 Å². The first kappa shape index (κ1) is 15.8. The molecule has 0 aliphatic carbocycles. The van der Waals surface area contributed by atoms with Gasteiger partial charge in [-0.15, -0.1) is 0 Å². The number of halogens is 2. The highest BCUT2D eigenvalue weighted by Gasteiger charge is 2.20. The fourth-order valence-electron chi connectivity index (χ4n) is 1.56. The minimum atomic E-state index is 0.282. The van der Waals surface area contributed by atoms with Crippen LogP contribution in [-0.4, -0.2) is 6.54 Å². The molecule has 1 rings (SSSR count). The summed E-state index contributed by atoms with van der Waals surface area (Å²) in [5.74, 6) is 0.614. The minimum Gasteiger partial charge on any atom is -0.310 e. The summed E-state index contributed by atoms with van der Waals surface area (Å²) in [4.78, 5) is 0. The first-order chi connectivity index (χ1) is 8.21. The Hall–Kier alpha value is -0.240. The van der Waals surface area contributed by atoms with E-state index < -0.39 is 0 Å². The van der Waals surface area contributed by atoms with E-state index in [9.17, 15) is 0 Å². The second-order valence-corrected chi connectivity index (χ2v) is 6.88. The molecular weight excluding hydrogens is 265 g/mol. The van der Waals surface area contributed by atoms with Crippen molar-refractivity contribution in [3.8, 4) is 0 Å². The number of hydrogen-bond donors (Lipinski definition) is 1. The van der Waals surface area contributed by atoms with E-state index in [1.54, 1.807) is 0 Å². The molecule has 2 atom stereocenters. The van der Waals surface area contributed by atoms with Crippen molar-refractivity contribution < 1.29 is 0 Å². The molecule has 1 N–H and O–H groups in total. The second-order valence-electron chi connectivity index (χ2n) is 6.07. The Morgan fingerprint density at radius 3 is 2.22 bits per heavy atom. The molecule has 102 valence electrons. The Bertz CT molecular complexity index is 396. The lowest BCUT2D eigenvalue weighted by molar-refractivity contribution is 0.247. The minimum absolute atomic E-state index is 0.282. The van der Waals surface area contributed by atoms with Crippen LogP contribution in [0, 0.1) is 11.3 Å². The Kier molecular flexibility index (Phi) is 5.51. The Balaban J connectivity index is 2.60. The molecule has 0 aliphatic heterocycles.